The molecule has 0 aliphatic carbocycles. The highest BCUT2D eigenvalue weighted by molar-refractivity contribution is 7.88. The lowest BCUT2D eigenvalue weighted by Crippen LogP contribution is -2.31. The van der Waals surface area contributed by atoms with E-state index >= 15 is 0 Å². The third kappa shape index (κ3) is 6.00. The molecule has 0 saturated carbocycles. The molecule has 0 unspecified atom stereocenters. The van der Waals surface area contributed by atoms with Crippen LogP contribution in [0.1, 0.15) is 35.3 Å². The minimum absolute atomic E-state index is 0.0690. The van der Waals surface area contributed by atoms with Crippen LogP contribution in [-0.4, -0.2) is 30.1 Å². The molecule has 3 aromatic rings. The maximum Gasteiger partial charge on any atom is 0.251 e. The second-order valence-corrected chi connectivity index (χ2v) is 8.78. The molecule has 0 bridgehead atoms. The third-order valence-electron chi connectivity index (χ3n) is 4.15. The normalized spacial score (nSPS) is 11.6. The second-order valence-electron chi connectivity index (χ2n) is 7.03. The summed E-state index contributed by atoms with van der Waals surface area (Å²) in [4.78, 5) is 12.4. The third-order valence-corrected chi connectivity index (χ3v) is 5.69. The van der Waals surface area contributed by atoms with E-state index < -0.39 is 10.0 Å². The number of rotatable bonds is 8. The van der Waals surface area contributed by atoms with E-state index in [4.69, 9.17) is 0 Å². The highest BCUT2D eigenvalue weighted by Crippen LogP contribution is 2.11. The van der Waals surface area contributed by atoms with Crippen LogP contribution in [0.3, 0.4) is 0 Å². The monoisotopic (exact) mass is 412 g/mol. The van der Waals surface area contributed by atoms with Gasteiger partial charge in [-0.1, -0.05) is 24.3 Å². The van der Waals surface area contributed by atoms with E-state index in [1.807, 2.05) is 36.5 Å². The Bertz CT molecular complexity index is 1040. The molecule has 0 radical (unpaired) electrons. The summed E-state index contributed by atoms with van der Waals surface area (Å²) in [5.41, 5.74) is 3.03. The molecule has 0 spiro atoms. The van der Waals surface area contributed by atoms with E-state index in [1.165, 1.54) is 0 Å². The van der Waals surface area contributed by atoms with Crippen molar-refractivity contribution in [1.29, 1.82) is 0 Å². The second kappa shape index (κ2) is 9.02. The molecule has 2 N–H and O–H groups in total. The van der Waals surface area contributed by atoms with Gasteiger partial charge in [-0.15, -0.1) is 0 Å². The van der Waals surface area contributed by atoms with E-state index in [-0.39, 0.29) is 17.7 Å². The van der Waals surface area contributed by atoms with Crippen molar-refractivity contribution in [3.8, 4) is 5.69 Å². The summed E-state index contributed by atoms with van der Waals surface area (Å²) in [5, 5.41) is 7.03. The first-order chi connectivity index (χ1) is 13.8. The van der Waals surface area contributed by atoms with Crippen LogP contribution in [0, 0.1) is 0 Å². The number of carbonyl (C=O) groups excluding carboxylic acids is 1. The van der Waals surface area contributed by atoms with Crippen molar-refractivity contribution in [2.45, 2.75) is 32.2 Å². The van der Waals surface area contributed by atoms with Gasteiger partial charge >= 0.3 is 0 Å². The summed E-state index contributed by atoms with van der Waals surface area (Å²) in [7, 11) is -3.35. The summed E-state index contributed by atoms with van der Waals surface area (Å²) in [6, 6.07) is 16.0. The van der Waals surface area contributed by atoms with Crippen molar-refractivity contribution in [2.75, 3.05) is 0 Å². The molecule has 7 nitrogen and oxygen atoms in total. The first-order valence-corrected chi connectivity index (χ1v) is 10.9. The number of hydrogen-bond donors (Lipinski definition) is 2. The molecule has 0 atom stereocenters. The Kier molecular flexibility index (Phi) is 6.46. The Hall–Kier alpha value is -2.97. The minimum Gasteiger partial charge on any atom is -0.348 e. The van der Waals surface area contributed by atoms with Crippen LogP contribution < -0.4 is 10.0 Å². The quantitative estimate of drug-likeness (QED) is 0.595. The van der Waals surface area contributed by atoms with Gasteiger partial charge in [0.2, 0.25) is 10.0 Å². The van der Waals surface area contributed by atoms with Gasteiger partial charge in [-0.3, -0.25) is 4.79 Å². The number of aromatic nitrogens is 2. The van der Waals surface area contributed by atoms with Crippen molar-refractivity contribution in [3.05, 3.63) is 83.7 Å². The van der Waals surface area contributed by atoms with Crippen LogP contribution in [-0.2, 0) is 22.3 Å². The van der Waals surface area contributed by atoms with Gasteiger partial charge in [0.25, 0.3) is 5.91 Å². The summed E-state index contributed by atoms with van der Waals surface area (Å²) in [6.07, 6.45) is 3.53. The lowest BCUT2D eigenvalue weighted by atomic mass is 10.1. The molecule has 0 aliphatic rings. The molecule has 29 heavy (non-hydrogen) atoms. The predicted octanol–water partition coefficient (Wildman–Crippen LogP) is 2.63. The standard InChI is InChI=1S/C21H24N4O3S/c1-16(2)24-29(27,28)15-18-6-4-17(5-7-18)14-22-21(26)19-8-10-20(11-9-19)25-13-3-12-23-25/h3-13,16,24H,14-15H2,1-2H3,(H,22,26). The highest BCUT2D eigenvalue weighted by atomic mass is 32.2. The molecule has 3 rings (SSSR count). The Morgan fingerprint density at radius 3 is 2.28 bits per heavy atom. The summed E-state index contributed by atoms with van der Waals surface area (Å²) < 4.78 is 28.3. The van der Waals surface area contributed by atoms with Gasteiger partial charge in [0.1, 0.15) is 0 Å². The van der Waals surface area contributed by atoms with Crippen LogP contribution in [0.5, 0.6) is 0 Å². The van der Waals surface area contributed by atoms with Gasteiger partial charge in [0, 0.05) is 30.5 Å². The fraction of sp³-hybridized carbons (Fsp3) is 0.238. The average Bonchev–Trinajstić information content (AvgIpc) is 3.21. The van der Waals surface area contributed by atoms with E-state index in [9.17, 15) is 13.2 Å². The van der Waals surface area contributed by atoms with Crippen molar-refractivity contribution in [2.24, 2.45) is 0 Å². The van der Waals surface area contributed by atoms with Crippen LogP contribution in [0.2, 0.25) is 0 Å². The summed E-state index contributed by atoms with van der Waals surface area (Å²) in [5.74, 6) is -0.245. The Morgan fingerprint density at radius 1 is 1.03 bits per heavy atom. The number of benzene rings is 2. The van der Waals surface area contributed by atoms with Gasteiger partial charge in [-0.2, -0.15) is 5.10 Å². The smallest absolute Gasteiger partial charge is 0.251 e. The van der Waals surface area contributed by atoms with Gasteiger partial charge < -0.3 is 5.32 Å². The fourth-order valence-corrected chi connectivity index (χ4v) is 4.28. The number of sulfonamides is 1. The van der Waals surface area contributed by atoms with Crippen molar-refractivity contribution in [3.63, 3.8) is 0 Å². The van der Waals surface area contributed by atoms with Crippen molar-refractivity contribution in [1.82, 2.24) is 19.8 Å². The zero-order valence-corrected chi connectivity index (χ0v) is 17.2. The van der Waals surface area contributed by atoms with Crippen molar-refractivity contribution >= 4 is 15.9 Å². The van der Waals surface area contributed by atoms with E-state index in [1.54, 1.807) is 49.0 Å². The molecule has 8 heteroatoms. The number of nitrogens with one attached hydrogen (secondary N) is 2. The highest BCUT2D eigenvalue weighted by Gasteiger charge is 2.13. The van der Waals surface area contributed by atoms with Crippen LogP contribution in [0.4, 0.5) is 0 Å². The van der Waals surface area contributed by atoms with E-state index in [2.05, 4.69) is 15.1 Å². The minimum atomic E-state index is -3.35. The molecule has 0 aliphatic heterocycles. The fourth-order valence-electron chi connectivity index (χ4n) is 2.85. The Labute approximate surface area is 170 Å². The molecular formula is C21H24N4O3S. The zero-order chi connectivity index (χ0) is 20.9. The molecule has 1 amide bonds. The van der Waals surface area contributed by atoms with Gasteiger partial charge in [-0.05, 0) is 55.3 Å². The maximum absolute atomic E-state index is 12.4. The number of nitrogens with zero attached hydrogens (tertiary/aromatic N) is 2. The molecule has 152 valence electrons. The van der Waals surface area contributed by atoms with Crippen LogP contribution in [0.25, 0.3) is 5.69 Å². The Morgan fingerprint density at radius 2 is 1.69 bits per heavy atom. The summed E-state index contributed by atoms with van der Waals surface area (Å²) in [6.45, 7) is 3.93. The number of hydrogen-bond acceptors (Lipinski definition) is 4. The topological polar surface area (TPSA) is 93.1 Å². The zero-order valence-electron chi connectivity index (χ0n) is 16.4. The first-order valence-electron chi connectivity index (χ1n) is 9.28. The van der Waals surface area contributed by atoms with Gasteiger partial charge in [0.05, 0.1) is 11.4 Å². The molecule has 0 saturated heterocycles. The number of amides is 1. The lowest BCUT2D eigenvalue weighted by Gasteiger charge is -2.10. The SMILES string of the molecule is CC(C)NS(=O)(=O)Cc1ccc(CNC(=O)c2ccc(-n3cccn3)cc2)cc1. The van der Waals surface area contributed by atoms with E-state index in [0.717, 1.165) is 11.3 Å². The predicted molar refractivity (Wildman–Crippen MR) is 112 cm³/mol. The van der Waals surface area contributed by atoms with E-state index in [0.29, 0.717) is 17.7 Å². The van der Waals surface area contributed by atoms with Gasteiger partial charge in [-0.25, -0.2) is 17.8 Å². The summed E-state index contributed by atoms with van der Waals surface area (Å²) >= 11 is 0. The largest absolute Gasteiger partial charge is 0.348 e. The van der Waals surface area contributed by atoms with Crippen molar-refractivity contribution < 1.29 is 13.2 Å². The average molecular weight is 413 g/mol. The maximum atomic E-state index is 12.4. The molecule has 1 heterocycles. The van der Waals surface area contributed by atoms with Crippen LogP contribution >= 0.6 is 0 Å². The molecule has 0 fully saturated rings. The van der Waals surface area contributed by atoms with Gasteiger partial charge in [0.15, 0.2) is 0 Å². The molecular weight excluding hydrogens is 388 g/mol. The molecule has 2 aromatic carbocycles. The number of carbonyl (C=O) groups is 1. The first kappa shape index (κ1) is 20.8. The lowest BCUT2D eigenvalue weighted by molar-refractivity contribution is 0.0951. The van der Waals surface area contributed by atoms with Crippen LogP contribution in [0.15, 0.2) is 67.0 Å². The molecule has 1 aromatic heterocycles. The Balaban J connectivity index is 1.55.